The topological polar surface area (TPSA) is 45.7 Å². The van der Waals surface area contributed by atoms with Gasteiger partial charge in [0.05, 0.1) is 0 Å². The fourth-order valence-corrected chi connectivity index (χ4v) is 2.36. The third-order valence-corrected chi connectivity index (χ3v) is 3.58. The van der Waals surface area contributed by atoms with Gasteiger partial charge in [0.25, 0.3) is 0 Å². The normalized spacial score (nSPS) is 12.0. The van der Waals surface area contributed by atoms with E-state index in [0.29, 0.717) is 24.6 Å². The summed E-state index contributed by atoms with van der Waals surface area (Å²) in [6.45, 7) is 1.59. The van der Waals surface area contributed by atoms with Gasteiger partial charge in [-0.2, -0.15) is 13.2 Å². The predicted octanol–water partition coefficient (Wildman–Crippen LogP) is 3.80. The number of benzene rings is 2. The minimum atomic E-state index is -4.37. The van der Waals surface area contributed by atoms with Crippen LogP contribution in [0.25, 0.3) is 0 Å². The number of rotatable bonds is 6. The molecule has 0 amide bonds. The Bertz CT molecular complexity index is 745. The summed E-state index contributed by atoms with van der Waals surface area (Å²) in [7, 11) is 1.64. The Morgan fingerprint density at radius 1 is 1.04 bits per heavy atom. The van der Waals surface area contributed by atoms with Gasteiger partial charge < -0.3 is 15.4 Å². The highest BCUT2D eigenvalue weighted by atomic mass is 19.4. The number of alkyl halides is 3. The third-order valence-electron chi connectivity index (χ3n) is 3.58. The first-order chi connectivity index (χ1) is 12.4. The lowest BCUT2D eigenvalue weighted by molar-refractivity contribution is -0.153. The highest BCUT2D eigenvalue weighted by Crippen LogP contribution is 2.22. The van der Waals surface area contributed by atoms with Crippen LogP contribution in [0, 0.1) is 6.92 Å². The Balaban J connectivity index is 1.92. The quantitative estimate of drug-likeness (QED) is 0.605. The number of aliphatic imine (C=N–C) groups is 1. The minimum absolute atomic E-state index is 0.200. The molecule has 140 valence electrons. The molecular weight excluding hydrogens is 343 g/mol. The predicted molar refractivity (Wildman–Crippen MR) is 96.2 cm³/mol. The van der Waals surface area contributed by atoms with Crippen LogP contribution < -0.4 is 15.4 Å². The first kappa shape index (κ1) is 19.6. The molecule has 0 radical (unpaired) electrons. The maximum atomic E-state index is 12.4. The summed E-state index contributed by atoms with van der Waals surface area (Å²) >= 11 is 0. The Morgan fingerprint density at radius 3 is 2.46 bits per heavy atom. The van der Waals surface area contributed by atoms with Gasteiger partial charge in [-0.1, -0.05) is 48.0 Å². The van der Waals surface area contributed by atoms with Gasteiger partial charge in [-0.05, 0) is 18.6 Å². The number of aryl methyl sites for hydroxylation is 1. The molecule has 2 aromatic carbocycles. The van der Waals surface area contributed by atoms with Crippen molar-refractivity contribution in [3.05, 3.63) is 65.2 Å². The van der Waals surface area contributed by atoms with Crippen LogP contribution in [0.5, 0.6) is 5.75 Å². The van der Waals surface area contributed by atoms with Crippen molar-refractivity contribution in [1.29, 1.82) is 0 Å². The van der Waals surface area contributed by atoms with Crippen molar-refractivity contribution in [3.63, 3.8) is 0 Å². The zero-order valence-corrected chi connectivity index (χ0v) is 14.7. The van der Waals surface area contributed by atoms with Crippen LogP contribution in [-0.2, 0) is 13.1 Å². The molecule has 2 N–H and O–H groups in total. The molecule has 0 aliphatic carbocycles. The van der Waals surface area contributed by atoms with E-state index >= 15 is 0 Å². The largest absolute Gasteiger partial charge is 0.484 e. The summed E-state index contributed by atoms with van der Waals surface area (Å²) in [5.41, 5.74) is 2.90. The van der Waals surface area contributed by atoms with Gasteiger partial charge in [-0.15, -0.1) is 0 Å². The first-order valence-corrected chi connectivity index (χ1v) is 8.15. The van der Waals surface area contributed by atoms with Crippen LogP contribution in [0.4, 0.5) is 13.2 Å². The lowest BCUT2D eigenvalue weighted by atomic mass is 10.1. The van der Waals surface area contributed by atoms with Crippen molar-refractivity contribution in [2.45, 2.75) is 26.2 Å². The van der Waals surface area contributed by atoms with E-state index in [4.69, 9.17) is 4.74 Å². The molecule has 0 saturated heterocycles. The Kier molecular flexibility index (Phi) is 6.89. The molecule has 26 heavy (non-hydrogen) atoms. The van der Waals surface area contributed by atoms with Crippen molar-refractivity contribution in [2.75, 3.05) is 13.7 Å². The summed E-state index contributed by atoms with van der Waals surface area (Å²) in [5, 5.41) is 6.26. The van der Waals surface area contributed by atoms with E-state index in [0.717, 1.165) is 5.56 Å². The molecule has 2 rings (SSSR count). The Labute approximate surface area is 151 Å². The van der Waals surface area contributed by atoms with Gasteiger partial charge in [-0.3, -0.25) is 4.99 Å². The van der Waals surface area contributed by atoms with Gasteiger partial charge in [0.2, 0.25) is 0 Å². The van der Waals surface area contributed by atoms with Crippen LogP contribution in [0.2, 0.25) is 0 Å². The third kappa shape index (κ3) is 6.66. The molecule has 0 bridgehead atoms. The maximum Gasteiger partial charge on any atom is 0.422 e. The maximum absolute atomic E-state index is 12.4. The average Bonchev–Trinajstić information content (AvgIpc) is 2.60. The van der Waals surface area contributed by atoms with Gasteiger partial charge in [-0.25, -0.2) is 0 Å². The van der Waals surface area contributed by atoms with Crippen LogP contribution in [-0.4, -0.2) is 25.8 Å². The molecular formula is C19H22F3N3O. The molecule has 0 aliphatic rings. The monoisotopic (exact) mass is 365 g/mol. The summed E-state index contributed by atoms with van der Waals surface area (Å²) in [4.78, 5) is 4.13. The number of halogens is 3. The van der Waals surface area contributed by atoms with E-state index in [1.807, 2.05) is 25.1 Å². The number of nitrogens with one attached hydrogen (secondary N) is 2. The molecule has 0 saturated carbocycles. The number of ether oxygens (including phenoxy) is 1. The number of nitrogens with zero attached hydrogens (tertiary/aromatic N) is 1. The van der Waals surface area contributed by atoms with Gasteiger partial charge in [0.15, 0.2) is 12.6 Å². The second-order valence-corrected chi connectivity index (χ2v) is 5.78. The second-order valence-electron chi connectivity index (χ2n) is 5.78. The van der Waals surface area contributed by atoms with Crippen LogP contribution in [0.3, 0.4) is 0 Å². The Morgan fingerprint density at radius 2 is 1.77 bits per heavy atom. The highest BCUT2D eigenvalue weighted by Gasteiger charge is 2.28. The molecule has 0 unspecified atom stereocenters. The lowest BCUT2D eigenvalue weighted by Gasteiger charge is -2.15. The van der Waals surface area contributed by atoms with Crippen molar-refractivity contribution in [3.8, 4) is 5.75 Å². The molecule has 0 fully saturated rings. The fourth-order valence-electron chi connectivity index (χ4n) is 2.36. The van der Waals surface area contributed by atoms with E-state index in [9.17, 15) is 13.2 Å². The molecule has 2 aromatic rings. The highest BCUT2D eigenvalue weighted by molar-refractivity contribution is 5.79. The summed E-state index contributed by atoms with van der Waals surface area (Å²) < 4.78 is 42.0. The fraction of sp³-hybridized carbons (Fsp3) is 0.316. The van der Waals surface area contributed by atoms with Crippen molar-refractivity contribution in [1.82, 2.24) is 10.6 Å². The average molecular weight is 365 g/mol. The first-order valence-electron chi connectivity index (χ1n) is 8.15. The minimum Gasteiger partial charge on any atom is -0.484 e. The molecule has 0 heterocycles. The molecule has 0 atom stereocenters. The SMILES string of the molecule is CN=C(NCc1cccc(C)c1)NCc1ccccc1OCC(F)(F)F. The van der Waals surface area contributed by atoms with E-state index < -0.39 is 12.8 Å². The zero-order chi connectivity index (χ0) is 19.0. The molecule has 0 spiro atoms. The van der Waals surface area contributed by atoms with E-state index in [2.05, 4.69) is 21.7 Å². The summed E-state index contributed by atoms with van der Waals surface area (Å²) in [6, 6.07) is 14.7. The molecule has 4 nitrogen and oxygen atoms in total. The van der Waals surface area contributed by atoms with E-state index in [1.54, 1.807) is 25.2 Å². The lowest BCUT2D eigenvalue weighted by Crippen LogP contribution is -2.36. The van der Waals surface area contributed by atoms with Crippen LogP contribution in [0.1, 0.15) is 16.7 Å². The van der Waals surface area contributed by atoms with Crippen LogP contribution >= 0.6 is 0 Å². The number of para-hydroxylation sites is 1. The standard InChI is InChI=1S/C19H22F3N3O/c1-14-6-5-7-15(10-14)11-24-18(23-2)25-12-16-8-3-4-9-17(16)26-13-19(20,21)22/h3-10H,11-13H2,1-2H3,(H2,23,24,25). The van der Waals surface area contributed by atoms with Crippen molar-refractivity contribution >= 4 is 5.96 Å². The number of hydrogen-bond acceptors (Lipinski definition) is 2. The van der Waals surface area contributed by atoms with Gasteiger partial charge >= 0.3 is 6.18 Å². The van der Waals surface area contributed by atoms with Gasteiger partial charge in [0.1, 0.15) is 5.75 Å². The summed E-state index contributed by atoms with van der Waals surface area (Å²) in [6.07, 6.45) is -4.37. The van der Waals surface area contributed by atoms with Crippen molar-refractivity contribution < 1.29 is 17.9 Å². The Hall–Kier alpha value is -2.70. The van der Waals surface area contributed by atoms with Gasteiger partial charge in [0, 0.05) is 25.7 Å². The van der Waals surface area contributed by atoms with E-state index in [1.165, 1.54) is 11.6 Å². The molecule has 7 heteroatoms. The van der Waals surface area contributed by atoms with E-state index in [-0.39, 0.29) is 5.75 Å². The zero-order valence-electron chi connectivity index (χ0n) is 14.7. The number of guanidine groups is 1. The molecule has 0 aliphatic heterocycles. The summed E-state index contributed by atoms with van der Waals surface area (Å²) in [5.74, 6) is 0.753. The molecule has 0 aromatic heterocycles. The van der Waals surface area contributed by atoms with Crippen LogP contribution in [0.15, 0.2) is 53.5 Å². The smallest absolute Gasteiger partial charge is 0.422 e. The van der Waals surface area contributed by atoms with Crippen molar-refractivity contribution in [2.24, 2.45) is 4.99 Å². The number of hydrogen-bond donors (Lipinski definition) is 2. The second kappa shape index (κ2) is 9.12.